The summed E-state index contributed by atoms with van der Waals surface area (Å²) >= 11 is 0. The number of nitrogens with one attached hydrogen (secondary N) is 1. The van der Waals surface area contributed by atoms with Crippen LogP contribution in [0.3, 0.4) is 0 Å². The number of ether oxygens (including phenoxy) is 1. The van der Waals surface area contributed by atoms with Gasteiger partial charge in [0.2, 0.25) is 0 Å². The largest absolute Gasteiger partial charge is 0.365 e. The quantitative estimate of drug-likeness (QED) is 0.685. The number of aromatic nitrogens is 3. The van der Waals surface area contributed by atoms with E-state index in [1.165, 1.54) is 0 Å². The monoisotopic (exact) mass is 389 g/mol. The summed E-state index contributed by atoms with van der Waals surface area (Å²) < 4.78 is 7.86. The predicted octanol–water partition coefficient (Wildman–Crippen LogP) is 4.12. The molecule has 1 fully saturated rings. The van der Waals surface area contributed by atoms with Crippen molar-refractivity contribution in [1.82, 2.24) is 19.6 Å². The maximum absolute atomic E-state index is 6.07. The fourth-order valence-electron chi connectivity index (χ4n) is 3.66. The van der Waals surface area contributed by atoms with Gasteiger partial charge >= 0.3 is 0 Å². The average Bonchev–Trinajstić information content (AvgIpc) is 2.95. The van der Waals surface area contributed by atoms with Crippen LogP contribution in [-0.2, 0) is 16.3 Å². The van der Waals surface area contributed by atoms with Crippen LogP contribution in [0.25, 0.3) is 11.0 Å². The molecule has 3 heterocycles. The third-order valence-electron chi connectivity index (χ3n) is 4.84. The molecule has 0 radical (unpaired) electrons. The van der Waals surface area contributed by atoms with E-state index in [2.05, 4.69) is 65.7 Å². The molecule has 3 rings (SSSR count). The number of unbranched alkanes of at least 4 members (excludes halogenated alkanes) is 1. The summed E-state index contributed by atoms with van der Waals surface area (Å²) in [5.74, 6) is 0.900. The second-order valence-corrected chi connectivity index (χ2v) is 8.67. The normalized spacial score (nSPS) is 18.7. The van der Waals surface area contributed by atoms with Crippen LogP contribution in [0.2, 0.25) is 0 Å². The van der Waals surface area contributed by atoms with E-state index in [-0.39, 0.29) is 5.60 Å². The van der Waals surface area contributed by atoms with Gasteiger partial charge in [0.15, 0.2) is 0 Å². The third kappa shape index (κ3) is 5.43. The second-order valence-electron chi connectivity index (χ2n) is 8.67. The lowest BCUT2D eigenvalue weighted by Gasteiger charge is -2.36. The number of hydrogen-bond acceptors (Lipinski definition) is 6. The second kappa shape index (κ2) is 9.20. The van der Waals surface area contributed by atoms with Crippen molar-refractivity contribution in [2.45, 2.75) is 78.7 Å². The van der Waals surface area contributed by atoms with Gasteiger partial charge in [-0.3, -0.25) is 4.84 Å². The number of hydrogen-bond donors (Lipinski definition) is 1. The SMILES string of the molecule is CCCCOCn1cc(C)c2c(N[C@@H]3CCCN(OC(C)(C)C)C3)ncnc21. The van der Waals surface area contributed by atoms with E-state index >= 15 is 0 Å². The smallest absolute Gasteiger partial charge is 0.147 e. The van der Waals surface area contributed by atoms with Crippen molar-refractivity contribution in [3.63, 3.8) is 0 Å². The maximum Gasteiger partial charge on any atom is 0.147 e. The Bertz CT molecular complexity index is 768. The van der Waals surface area contributed by atoms with Crippen molar-refractivity contribution in [2.75, 3.05) is 25.0 Å². The number of hydroxylamine groups is 2. The molecule has 2 aromatic rings. The molecule has 1 saturated heterocycles. The summed E-state index contributed by atoms with van der Waals surface area (Å²) in [6, 6.07) is 0.303. The molecule has 0 saturated carbocycles. The van der Waals surface area contributed by atoms with Gasteiger partial charge in [0, 0.05) is 31.9 Å². The Balaban J connectivity index is 1.72. The molecule has 1 atom stereocenters. The van der Waals surface area contributed by atoms with Crippen LogP contribution in [0.1, 0.15) is 58.9 Å². The summed E-state index contributed by atoms with van der Waals surface area (Å²) in [5.41, 5.74) is 1.91. The van der Waals surface area contributed by atoms with E-state index in [9.17, 15) is 0 Å². The van der Waals surface area contributed by atoms with E-state index in [4.69, 9.17) is 9.57 Å². The summed E-state index contributed by atoms with van der Waals surface area (Å²) in [5, 5.41) is 6.80. The first-order chi connectivity index (χ1) is 13.4. The van der Waals surface area contributed by atoms with Crippen LogP contribution < -0.4 is 5.32 Å². The van der Waals surface area contributed by atoms with Crippen molar-refractivity contribution in [2.24, 2.45) is 0 Å². The van der Waals surface area contributed by atoms with E-state index in [1.807, 2.05) is 0 Å². The summed E-state index contributed by atoms with van der Waals surface area (Å²) in [6.45, 7) is 13.7. The van der Waals surface area contributed by atoms with Gasteiger partial charge in [0.1, 0.15) is 24.5 Å². The minimum Gasteiger partial charge on any atom is -0.365 e. The van der Waals surface area contributed by atoms with Crippen LogP contribution in [0, 0.1) is 6.92 Å². The van der Waals surface area contributed by atoms with Gasteiger partial charge in [-0.05, 0) is 52.5 Å². The molecule has 0 aliphatic carbocycles. The summed E-state index contributed by atoms with van der Waals surface area (Å²) in [4.78, 5) is 15.1. The molecule has 156 valence electrons. The van der Waals surface area contributed by atoms with Gasteiger partial charge in [-0.1, -0.05) is 13.3 Å². The highest BCUT2D eigenvalue weighted by Crippen LogP contribution is 2.27. The Kier molecular flexibility index (Phi) is 6.91. The number of anilines is 1. The van der Waals surface area contributed by atoms with Crippen molar-refractivity contribution in [3.8, 4) is 0 Å². The predicted molar refractivity (Wildman–Crippen MR) is 112 cm³/mol. The highest BCUT2D eigenvalue weighted by molar-refractivity contribution is 5.90. The number of fused-ring (bicyclic) bond motifs is 1. The minimum absolute atomic E-state index is 0.171. The summed E-state index contributed by atoms with van der Waals surface area (Å²) in [7, 11) is 0. The van der Waals surface area contributed by atoms with Crippen molar-refractivity contribution in [3.05, 3.63) is 18.1 Å². The van der Waals surface area contributed by atoms with E-state index < -0.39 is 0 Å². The highest BCUT2D eigenvalue weighted by Gasteiger charge is 2.25. The lowest BCUT2D eigenvalue weighted by molar-refractivity contribution is -0.236. The molecule has 1 aliphatic rings. The van der Waals surface area contributed by atoms with Crippen LogP contribution in [-0.4, -0.2) is 50.9 Å². The first-order valence-corrected chi connectivity index (χ1v) is 10.5. The molecular weight excluding hydrogens is 354 g/mol. The molecule has 0 amide bonds. The summed E-state index contributed by atoms with van der Waals surface area (Å²) in [6.07, 6.45) is 8.17. The standard InChI is InChI=1S/C21H35N5O2/c1-6-7-11-27-15-25-12-16(2)18-19(22-14-23-20(18)25)24-17-9-8-10-26(13-17)28-21(3,4)5/h12,14,17H,6-11,13,15H2,1-5H3,(H,22,23,24)/t17-/m1/s1. The van der Waals surface area contributed by atoms with Gasteiger partial charge in [0.25, 0.3) is 0 Å². The first kappa shape index (κ1) is 21.0. The zero-order chi connectivity index (χ0) is 20.1. The number of rotatable bonds is 8. The molecule has 0 spiro atoms. The first-order valence-electron chi connectivity index (χ1n) is 10.5. The van der Waals surface area contributed by atoms with E-state index in [1.54, 1.807) is 6.33 Å². The lowest BCUT2D eigenvalue weighted by atomic mass is 10.1. The van der Waals surface area contributed by atoms with Gasteiger partial charge in [-0.25, -0.2) is 9.97 Å². The number of nitrogens with zero attached hydrogens (tertiary/aromatic N) is 4. The Morgan fingerprint density at radius 1 is 1.29 bits per heavy atom. The fraction of sp³-hybridized carbons (Fsp3) is 0.714. The molecule has 1 N–H and O–H groups in total. The minimum atomic E-state index is -0.171. The maximum atomic E-state index is 6.07. The van der Waals surface area contributed by atoms with Crippen molar-refractivity contribution in [1.29, 1.82) is 0 Å². The Labute approximate surface area is 168 Å². The Morgan fingerprint density at radius 3 is 2.86 bits per heavy atom. The average molecular weight is 390 g/mol. The number of aryl methyl sites for hydroxylation is 1. The van der Waals surface area contributed by atoms with Gasteiger partial charge in [-0.15, -0.1) is 0 Å². The molecule has 2 aromatic heterocycles. The molecule has 7 nitrogen and oxygen atoms in total. The van der Waals surface area contributed by atoms with E-state index in [0.29, 0.717) is 12.8 Å². The van der Waals surface area contributed by atoms with Crippen LogP contribution in [0.5, 0.6) is 0 Å². The zero-order valence-electron chi connectivity index (χ0n) is 18.0. The molecule has 0 bridgehead atoms. The molecule has 7 heteroatoms. The van der Waals surface area contributed by atoms with Crippen LogP contribution >= 0.6 is 0 Å². The molecule has 0 unspecified atom stereocenters. The van der Waals surface area contributed by atoms with E-state index in [0.717, 1.165) is 67.8 Å². The Hall–Kier alpha value is -1.70. The molecule has 0 aromatic carbocycles. The topological polar surface area (TPSA) is 64.4 Å². The number of piperidine rings is 1. The van der Waals surface area contributed by atoms with Crippen molar-refractivity contribution >= 4 is 16.9 Å². The molecule has 1 aliphatic heterocycles. The van der Waals surface area contributed by atoms with Crippen LogP contribution in [0.4, 0.5) is 5.82 Å². The van der Waals surface area contributed by atoms with Gasteiger partial charge in [-0.2, -0.15) is 5.06 Å². The van der Waals surface area contributed by atoms with Crippen LogP contribution in [0.15, 0.2) is 12.5 Å². The third-order valence-corrected chi connectivity index (χ3v) is 4.84. The fourth-order valence-corrected chi connectivity index (χ4v) is 3.66. The lowest BCUT2D eigenvalue weighted by Crippen LogP contribution is -2.45. The molecular formula is C21H35N5O2. The van der Waals surface area contributed by atoms with Gasteiger partial charge < -0.3 is 14.6 Å². The van der Waals surface area contributed by atoms with Gasteiger partial charge in [0.05, 0.1) is 11.0 Å². The highest BCUT2D eigenvalue weighted by atomic mass is 16.7. The Morgan fingerprint density at radius 2 is 2.11 bits per heavy atom. The zero-order valence-corrected chi connectivity index (χ0v) is 18.0. The van der Waals surface area contributed by atoms with Crippen molar-refractivity contribution < 1.29 is 9.57 Å². The molecule has 28 heavy (non-hydrogen) atoms.